The molecule has 1 aliphatic rings. The number of aromatic nitrogens is 1. The summed E-state index contributed by atoms with van der Waals surface area (Å²) in [5.74, 6) is -0.116. The number of anilines is 1. The summed E-state index contributed by atoms with van der Waals surface area (Å²) in [7, 11) is -7.07. The monoisotopic (exact) mass is 399 g/mol. The molecule has 1 atom stereocenters. The molecular weight excluding hydrogens is 382 g/mol. The predicted molar refractivity (Wildman–Crippen MR) is 93.0 cm³/mol. The first-order valence-corrected chi connectivity index (χ1v) is 11.0. The minimum absolute atomic E-state index is 0.0351. The number of benzene rings is 1. The van der Waals surface area contributed by atoms with Gasteiger partial charge in [0, 0.05) is 17.7 Å². The summed E-state index contributed by atoms with van der Waals surface area (Å²) in [6, 6.07) is 6.40. The predicted octanol–water partition coefficient (Wildman–Crippen LogP) is 0.701. The molecule has 11 heteroatoms. The zero-order valence-electron chi connectivity index (χ0n) is 13.8. The van der Waals surface area contributed by atoms with Crippen LogP contribution in [0.2, 0.25) is 0 Å². The summed E-state index contributed by atoms with van der Waals surface area (Å²) in [4.78, 5) is 12.2. The Kier molecular flexibility index (Phi) is 4.76. The lowest BCUT2D eigenvalue weighted by atomic mass is 10.2. The van der Waals surface area contributed by atoms with Crippen LogP contribution in [0.15, 0.2) is 39.8 Å². The number of carbonyl (C=O) groups excluding carboxylic acids is 1. The molecule has 2 aromatic rings. The van der Waals surface area contributed by atoms with Crippen LogP contribution >= 0.6 is 0 Å². The van der Waals surface area contributed by atoms with Crippen LogP contribution in [0.1, 0.15) is 22.5 Å². The summed E-state index contributed by atoms with van der Waals surface area (Å²) in [6.07, 6.45) is 0.346. The molecule has 0 saturated carbocycles. The third kappa shape index (κ3) is 4.22. The van der Waals surface area contributed by atoms with Crippen molar-refractivity contribution in [1.82, 2.24) is 10.5 Å². The number of hydrogen-bond donors (Lipinski definition) is 2. The van der Waals surface area contributed by atoms with Crippen molar-refractivity contribution < 1.29 is 26.2 Å². The lowest BCUT2D eigenvalue weighted by molar-refractivity contribution is 0.0941. The largest absolute Gasteiger partial charge is 0.360 e. The maximum Gasteiger partial charge on any atom is 0.263 e. The molecule has 3 rings (SSSR count). The first kappa shape index (κ1) is 18.4. The van der Waals surface area contributed by atoms with Crippen molar-refractivity contribution in [2.24, 2.45) is 0 Å². The van der Waals surface area contributed by atoms with Gasteiger partial charge in [0.15, 0.2) is 15.7 Å². The van der Waals surface area contributed by atoms with Crippen molar-refractivity contribution in [1.29, 1.82) is 0 Å². The van der Waals surface area contributed by atoms with Gasteiger partial charge in [-0.25, -0.2) is 16.8 Å². The van der Waals surface area contributed by atoms with Crippen molar-refractivity contribution in [3.63, 3.8) is 0 Å². The zero-order valence-corrected chi connectivity index (χ0v) is 15.4. The van der Waals surface area contributed by atoms with E-state index in [2.05, 4.69) is 15.2 Å². The number of sulfonamides is 1. The van der Waals surface area contributed by atoms with Crippen LogP contribution < -0.4 is 10.0 Å². The van der Waals surface area contributed by atoms with Crippen LogP contribution in [-0.2, 0) is 19.9 Å². The van der Waals surface area contributed by atoms with E-state index in [9.17, 15) is 21.6 Å². The zero-order chi connectivity index (χ0) is 18.9. The SMILES string of the molecule is Cc1cc(NS(=O)(=O)c2cccc(C(=O)NC3CCS(=O)(=O)C3)c2)no1. The molecule has 1 amide bonds. The molecule has 1 saturated heterocycles. The Morgan fingerprint density at radius 3 is 2.69 bits per heavy atom. The average molecular weight is 399 g/mol. The Bertz CT molecular complexity index is 1040. The fourth-order valence-electron chi connectivity index (χ4n) is 2.59. The van der Waals surface area contributed by atoms with Gasteiger partial charge in [0.05, 0.1) is 16.4 Å². The second-order valence-electron chi connectivity index (χ2n) is 6.03. The number of nitrogens with zero attached hydrogens (tertiary/aromatic N) is 1. The topological polar surface area (TPSA) is 135 Å². The Morgan fingerprint density at radius 1 is 1.31 bits per heavy atom. The van der Waals surface area contributed by atoms with Crippen LogP contribution in [0.25, 0.3) is 0 Å². The van der Waals surface area contributed by atoms with Crippen molar-refractivity contribution >= 4 is 31.6 Å². The normalized spacial score (nSPS) is 19.2. The van der Waals surface area contributed by atoms with Crippen LogP contribution in [-0.4, -0.2) is 45.4 Å². The van der Waals surface area contributed by atoms with Gasteiger partial charge in [-0.3, -0.25) is 9.52 Å². The van der Waals surface area contributed by atoms with E-state index in [1.165, 1.54) is 30.3 Å². The molecule has 1 fully saturated rings. The number of aryl methyl sites for hydroxylation is 1. The number of amides is 1. The molecule has 1 aliphatic heterocycles. The summed E-state index contributed by atoms with van der Waals surface area (Å²) >= 11 is 0. The maximum absolute atomic E-state index is 12.4. The summed E-state index contributed by atoms with van der Waals surface area (Å²) in [6.45, 7) is 1.62. The fraction of sp³-hybridized carbons (Fsp3) is 0.333. The third-order valence-corrected chi connectivity index (χ3v) is 6.96. The van der Waals surface area contributed by atoms with Gasteiger partial charge in [-0.1, -0.05) is 11.2 Å². The quantitative estimate of drug-likeness (QED) is 0.755. The fourth-order valence-corrected chi connectivity index (χ4v) is 5.30. The Labute approximate surface area is 150 Å². The molecule has 2 N–H and O–H groups in total. The Balaban J connectivity index is 1.76. The maximum atomic E-state index is 12.4. The summed E-state index contributed by atoms with van der Waals surface area (Å²) < 4.78 is 54.8. The van der Waals surface area contributed by atoms with Gasteiger partial charge >= 0.3 is 0 Å². The Hall–Kier alpha value is -2.40. The van der Waals surface area contributed by atoms with E-state index in [1.54, 1.807) is 6.92 Å². The second kappa shape index (κ2) is 6.72. The average Bonchev–Trinajstić information content (AvgIpc) is 3.12. The minimum atomic E-state index is -3.95. The van der Waals surface area contributed by atoms with Gasteiger partial charge < -0.3 is 9.84 Å². The minimum Gasteiger partial charge on any atom is -0.360 e. The van der Waals surface area contributed by atoms with E-state index in [0.717, 1.165) is 0 Å². The van der Waals surface area contributed by atoms with Crippen LogP contribution in [0.5, 0.6) is 0 Å². The highest BCUT2D eigenvalue weighted by molar-refractivity contribution is 7.92. The molecule has 1 aromatic heterocycles. The first-order valence-electron chi connectivity index (χ1n) is 7.72. The van der Waals surface area contributed by atoms with Gasteiger partial charge in [0.1, 0.15) is 5.76 Å². The number of sulfone groups is 1. The lowest BCUT2D eigenvalue weighted by Gasteiger charge is -2.12. The molecule has 0 radical (unpaired) electrons. The first-order chi connectivity index (χ1) is 12.1. The highest BCUT2D eigenvalue weighted by Gasteiger charge is 2.29. The van der Waals surface area contributed by atoms with Crippen LogP contribution in [0, 0.1) is 6.92 Å². The molecule has 140 valence electrons. The highest BCUT2D eigenvalue weighted by Crippen LogP contribution is 2.18. The molecule has 0 aliphatic carbocycles. The highest BCUT2D eigenvalue weighted by atomic mass is 32.2. The van der Waals surface area contributed by atoms with E-state index in [-0.39, 0.29) is 27.8 Å². The van der Waals surface area contributed by atoms with Crippen LogP contribution in [0.4, 0.5) is 5.82 Å². The van der Waals surface area contributed by atoms with Gasteiger partial charge in [0.25, 0.3) is 15.9 Å². The lowest BCUT2D eigenvalue weighted by Crippen LogP contribution is -2.35. The third-order valence-electron chi connectivity index (χ3n) is 3.84. The smallest absolute Gasteiger partial charge is 0.263 e. The molecule has 2 heterocycles. The summed E-state index contributed by atoms with van der Waals surface area (Å²) in [5.41, 5.74) is 0.119. The Morgan fingerprint density at radius 2 is 2.08 bits per heavy atom. The van der Waals surface area contributed by atoms with Gasteiger partial charge in [0.2, 0.25) is 0 Å². The van der Waals surface area contributed by atoms with Gasteiger partial charge in [-0.05, 0) is 31.5 Å². The van der Waals surface area contributed by atoms with E-state index < -0.39 is 31.8 Å². The number of nitrogens with one attached hydrogen (secondary N) is 2. The molecule has 1 unspecified atom stereocenters. The van der Waals surface area contributed by atoms with E-state index >= 15 is 0 Å². The molecular formula is C15H17N3O6S2. The van der Waals surface area contributed by atoms with Crippen molar-refractivity contribution in [2.45, 2.75) is 24.3 Å². The van der Waals surface area contributed by atoms with E-state index in [4.69, 9.17) is 4.52 Å². The standard InChI is InChI=1S/C15H17N3O6S2/c1-10-7-14(17-24-10)18-26(22,23)13-4-2-3-11(8-13)15(19)16-12-5-6-25(20,21)9-12/h2-4,7-8,12H,5-6,9H2,1H3,(H,16,19)(H,17,18). The van der Waals surface area contributed by atoms with Gasteiger partial charge in [-0.15, -0.1) is 0 Å². The molecule has 9 nitrogen and oxygen atoms in total. The van der Waals surface area contributed by atoms with Crippen LogP contribution in [0.3, 0.4) is 0 Å². The molecule has 0 bridgehead atoms. The second-order valence-corrected chi connectivity index (χ2v) is 9.94. The molecule has 0 spiro atoms. The number of carbonyl (C=O) groups is 1. The van der Waals surface area contributed by atoms with E-state index in [1.807, 2.05) is 0 Å². The van der Waals surface area contributed by atoms with Crippen molar-refractivity contribution in [3.8, 4) is 0 Å². The number of rotatable bonds is 5. The molecule has 1 aromatic carbocycles. The number of hydrogen-bond acceptors (Lipinski definition) is 7. The van der Waals surface area contributed by atoms with Gasteiger partial charge in [-0.2, -0.15) is 0 Å². The molecule has 26 heavy (non-hydrogen) atoms. The summed E-state index contributed by atoms with van der Waals surface area (Å²) in [5, 5.41) is 6.19. The van der Waals surface area contributed by atoms with Crippen molar-refractivity contribution in [3.05, 3.63) is 41.7 Å². The van der Waals surface area contributed by atoms with Crippen molar-refractivity contribution in [2.75, 3.05) is 16.2 Å². The van der Waals surface area contributed by atoms with E-state index in [0.29, 0.717) is 12.2 Å².